The number of aliphatic hydroxyl groups is 1. The van der Waals surface area contributed by atoms with Crippen LogP contribution < -0.4 is 0 Å². The van der Waals surface area contributed by atoms with Crippen molar-refractivity contribution in [3.05, 3.63) is 35.9 Å². The fourth-order valence-corrected chi connectivity index (χ4v) is 2.35. The minimum atomic E-state index is -0.532. The van der Waals surface area contributed by atoms with E-state index < -0.39 is 11.7 Å². The Bertz CT molecular complexity index is 438. The molecule has 2 rings (SSSR count). The summed E-state index contributed by atoms with van der Waals surface area (Å²) < 4.78 is 5.40. The van der Waals surface area contributed by atoms with Gasteiger partial charge >= 0.3 is 6.09 Å². The summed E-state index contributed by atoms with van der Waals surface area (Å²) in [6, 6.07) is 9.29. The Balaban J connectivity index is 2.18. The summed E-state index contributed by atoms with van der Waals surface area (Å²) >= 11 is 0. The summed E-state index contributed by atoms with van der Waals surface area (Å²) in [5.74, 6) is 0. The first kappa shape index (κ1) is 13.9. The van der Waals surface area contributed by atoms with Gasteiger partial charge < -0.3 is 9.84 Å². The lowest BCUT2D eigenvalue weighted by atomic mass is 10.0. The van der Waals surface area contributed by atoms with Crippen molar-refractivity contribution in [1.29, 1.82) is 0 Å². The summed E-state index contributed by atoms with van der Waals surface area (Å²) in [7, 11) is 0. The Kier molecular flexibility index (Phi) is 3.80. The van der Waals surface area contributed by atoms with Crippen LogP contribution in [0.4, 0.5) is 4.79 Å². The number of hydrogen-bond donors (Lipinski definition) is 1. The number of hydrogen-bond acceptors (Lipinski definition) is 3. The smallest absolute Gasteiger partial charge is 0.410 e. The molecule has 2 atom stereocenters. The molecule has 4 heteroatoms. The molecule has 0 saturated carbocycles. The Hall–Kier alpha value is -1.55. The topological polar surface area (TPSA) is 49.8 Å². The second-order valence-electron chi connectivity index (χ2n) is 5.89. The Morgan fingerprint density at radius 2 is 1.95 bits per heavy atom. The number of nitrogens with zero attached hydrogens (tertiary/aromatic N) is 1. The molecule has 0 unspecified atom stereocenters. The largest absolute Gasteiger partial charge is 0.444 e. The molecule has 1 N–H and O–H groups in total. The van der Waals surface area contributed by atoms with Crippen LogP contribution in [0, 0.1) is 0 Å². The van der Waals surface area contributed by atoms with Gasteiger partial charge in [0.2, 0.25) is 0 Å². The van der Waals surface area contributed by atoms with Crippen molar-refractivity contribution in [3.8, 4) is 0 Å². The van der Waals surface area contributed by atoms with Crippen LogP contribution in [0.3, 0.4) is 0 Å². The van der Waals surface area contributed by atoms with E-state index in [1.165, 1.54) is 0 Å². The van der Waals surface area contributed by atoms with E-state index >= 15 is 0 Å². The molecule has 104 valence electrons. The van der Waals surface area contributed by atoms with Gasteiger partial charge in [0.15, 0.2) is 0 Å². The molecule has 4 nitrogen and oxygen atoms in total. The lowest BCUT2D eigenvalue weighted by Gasteiger charge is -2.29. The molecule has 0 spiro atoms. The molecule has 0 aromatic heterocycles. The molecule has 0 bridgehead atoms. The van der Waals surface area contributed by atoms with Crippen molar-refractivity contribution >= 4 is 6.09 Å². The van der Waals surface area contributed by atoms with Gasteiger partial charge in [-0.1, -0.05) is 30.3 Å². The first-order valence-corrected chi connectivity index (χ1v) is 6.61. The van der Waals surface area contributed by atoms with Gasteiger partial charge in [0.05, 0.1) is 12.1 Å². The number of amides is 1. The maximum absolute atomic E-state index is 12.2. The lowest BCUT2D eigenvalue weighted by Crippen LogP contribution is -2.37. The highest BCUT2D eigenvalue weighted by molar-refractivity contribution is 5.69. The summed E-state index contributed by atoms with van der Waals surface area (Å²) in [5.41, 5.74) is 0.421. The quantitative estimate of drug-likeness (QED) is 0.847. The highest BCUT2D eigenvalue weighted by Gasteiger charge is 2.38. The van der Waals surface area contributed by atoms with Gasteiger partial charge in [-0.15, -0.1) is 0 Å². The van der Waals surface area contributed by atoms with Crippen LogP contribution in [0.2, 0.25) is 0 Å². The normalized spacial score (nSPS) is 23.5. The van der Waals surface area contributed by atoms with Gasteiger partial charge in [-0.3, -0.25) is 4.90 Å². The van der Waals surface area contributed by atoms with Crippen LogP contribution in [0.5, 0.6) is 0 Å². The van der Waals surface area contributed by atoms with Crippen LogP contribution in [0.15, 0.2) is 30.3 Å². The van der Waals surface area contributed by atoms with Gasteiger partial charge in [0.25, 0.3) is 0 Å². The van der Waals surface area contributed by atoms with Crippen molar-refractivity contribution < 1.29 is 14.6 Å². The van der Waals surface area contributed by atoms with E-state index in [-0.39, 0.29) is 12.1 Å². The molecular weight excluding hydrogens is 242 g/mol. The van der Waals surface area contributed by atoms with Crippen molar-refractivity contribution in [2.75, 3.05) is 6.54 Å². The maximum Gasteiger partial charge on any atom is 0.410 e. The molecule has 0 aliphatic carbocycles. The number of carbonyl (C=O) groups excluding carboxylic acids is 1. The number of aliphatic hydroxyl groups excluding tert-OH is 1. The molecule has 1 heterocycles. The molecule has 1 fully saturated rings. The van der Waals surface area contributed by atoms with Crippen molar-refractivity contribution in [1.82, 2.24) is 4.90 Å². The second kappa shape index (κ2) is 5.21. The average Bonchev–Trinajstić information content (AvgIpc) is 2.70. The van der Waals surface area contributed by atoms with Gasteiger partial charge in [0, 0.05) is 6.54 Å². The highest BCUT2D eigenvalue weighted by atomic mass is 16.6. The SMILES string of the molecule is CC(C)(C)OC(=O)N1CC[C@H](O)[C@H]1c1ccccc1. The monoisotopic (exact) mass is 263 g/mol. The average molecular weight is 263 g/mol. The summed E-state index contributed by atoms with van der Waals surface area (Å²) in [6.07, 6.45) is -0.313. The highest BCUT2D eigenvalue weighted by Crippen LogP contribution is 2.33. The number of ether oxygens (including phenoxy) is 1. The molecule has 1 aromatic rings. The number of carbonyl (C=O) groups is 1. The zero-order chi connectivity index (χ0) is 14.0. The Morgan fingerprint density at radius 3 is 2.53 bits per heavy atom. The third-order valence-corrected chi connectivity index (χ3v) is 3.14. The predicted molar refractivity (Wildman–Crippen MR) is 72.7 cm³/mol. The van der Waals surface area contributed by atoms with Crippen LogP contribution in [-0.2, 0) is 4.74 Å². The molecule has 1 aliphatic heterocycles. The zero-order valence-corrected chi connectivity index (χ0v) is 11.7. The number of rotatable bonds is 1. The van der Waals surface area contributed by atoms with Gasteiger partial charge in [-0.2, -0.15) is 0 Å². The van der Waals surface area contributed by atoms with Gasteiger partial charge in [-0.05, 0) is 32.8 Å². The van der Waals surface area contributed by atoms with E-state index in [4.69, 9.17) is 4.74 Å². The molecule has 1 aliphatic rings. The summed E-state index contributed by atoms with van der Waals surface area (Å²) in [6.45, 7) is 6.05. The van der Waals surface area contributed by atoms with E-state index in [0.29, 0.717) is 13.0 Å². The zero-order valence-electron chi connectivity index (χ0n) is 11.7. The third-order valence-electron chi connectivity index (χ3n) is 3.14. The fourth-order valence-electron chi connectivity index (χ4n) is 2.35. The van der Waals surface area contributed by atoms with E-state index in [0.717, 1.165) is 5.56 Å². The molecule has 1 amide bonds. The van der Waals surface area contributed by atoms with Crippen LogP contribution >= 0.6 is 0 Å². The van der Waals surface area contributed by atoms with Crippen LogP contribution in [0.1, 0.15) is 38.8 Å². The molecule has 0 radical (unpaired) electrons. The predicted octanol–water partition coefficient (Wildman–Crippen LogP) is 2.73. The maximum atomic E-state index is 12.2. The van der Waals surface area contributed by atoms with E-state index in [2.05, 4.69) is 0 Å². The van der Waals surface area contributed by atoms with Crippen molar-refractivity contribution in [2.24, 2.45) is 0 Å². The minimum Gasteiger partial charge on any atom is -0.444 e. The standard InChI is InChI=1S/C15H21NO3/c1-15(2,3)19-14(18)16-10-9-12(17)13(16)11-7-5-4-6-8-11/h4-8,12-13,17H,9-10H2,1-3H3/t12-,13+/m0/s1. The van der Waals surface area contributed by atoms with E-state index in [9.17, 15) is 9.90 Å². The summed E-state index contributed by atoms with van der Waals surface area (Å²) in [5, 5.41) is 10.1. The Morgan fingerprint density at radius 1 is 1.32 bits per heavy atom. The van der Waals surface area contributed by atoms with Crippen LogP contribution in [0.25, 0.3) is 0 Å². The van der Waals surface area contributed by atoms with Gasteiger partial charge in [0.1, 0.15) is 5.60 Å². The van der Waals surface area contributed by atoms with Crippen LogP contribution in [-0.4, -0.2) is 34.3 Å². The first-order valence-electron chi connectivity index (χ1n) is 6.61. The Labute approximate surface area is 114 Å². The minimum absolute atomic E-state index is 0.309. The first-order chi connectivity index (χ1) is 8.88. The molecular formula is C15H21NO3. The number of likely N-dealkylation sites (tertiary alicyclic amines) is 1. The summed E-state index contributed by atoms with van der Waals surface area (Å²) in [4.78, 5) is 13.8. The van der Waals surface area contributed by atoms with Crippen molar-refractivity contribution in [2.45, 2.75) is 44.9 Å². The third kappa shape index (κ3) is 3.26. The van der Waals surface area contributed by atoms with Gasteiger partial charge in [-0.25, -0.2) is 4.79 Å². The van der Waals surface area contributed by atoms with Crippen molar-refractivity contribution in [3.63, 3.8) is 0 Å². The number of benzene rings is 1. The molecule has 1 aromatic carbocycles. The lowest BCUT2D eigenvalue weighted by molar-refractivity contribution is 0.0152. The molecule has 19 heavy (non-hydrogen) atoms. The molecule has 1 saturated heterocycles. The van der Waals surface area contributed by atoms with E-state index in [1.807, 2.05) is 51.1 Å². The van der Waals surface area contributed by atoms with E-state index in [1.54, 1.807) is 4.90 Å². The fraction of sp³-hybridized carbons (Fsp3) is 0.533. The second-order valence-corrected chi connectivity index (χ2v) is 5.89.